The van der Waals surface area contributed by atoms with Crippen LogP contribution < -0.4 is 10.2 Å². The fourth-order valence-corrected chi connectivity index (χ4v) is 3.26. The van der Waals surface area contributed by atoms with Gasteiger partial charge in [-0.05, 0) is 43.5 Å². The van der Waals surface area contributed by atoms with E-state index in [9.17, 15) is 9.59 Å². The molecule has 0 atom stereocenters. The van der Waals surface area contributed by atoms with Gasteiger partial charge >= 0.3 is 5.97 Å². The molecule has 1 aliphatic heterocycles. The third kappa shape index (κ3) is 4.04. The fourth-order valence-electron chi connectivity index (χ4n) is 3.26. The molecule has 26 heavy (non-hydrogen) atoms. The molecule has 1 N–H and O–H groups in total. The van der Waals surface area contributed by atoms with Crippen LogP contribution in [0.4, 0.5) is 11.4 Å². The number of hydrogen-bond acceptors (Lipinski definition) is 4. The molecule has 3 rings (SSSR count). The topological polar surface area (TPSA) is 58.6 Å². The van der Waals surface area contributed by atoms with E-state index in [1.54, 1.807) is 19.1 Å². The monoisotopic (exact) mass is 352 g/mol. The fraction of sp³-hybridized carbons (Fsp3) is 0.333. The number of nitrogens with one attached hydrogen (secondary N) is 1. The van der Waals surface area contributed by atoms with Crippen LogP contribution in [0, 0.1) is 0 Å². The number of benzene rings is 2. The average molecular weight is 352 g/mol. The molecular formula is C21H24N2O3. The lowest BCUT2D eigenvalue weighted by Gasteiger charge is -2.29. The van der Waals surface area contributed by atoms with Gasteiger partial charge in [-0.2, -0.15) is 0 Å². The Kier molecular flexibility index (Phi) is 5.89. The first kappa shape index (κ1) is 18.0. The molecule has 1 heterocycles. The van der Waals surface area contributed by atoms with Crippen molar-refractivity contribution in [3.63, 3.8) is 0 Å². The van der Waals surface area contributed by atoms with Gasteiger partial charge in [0.15, 0.2) is 0 Å². The van der Waals surface area contributed by atoms with Crippen molar-refractivity contribution in [1.82, 2.24) is 0 Å². The van der Waals surface area contributed by atoms with Crippen LogP contribution in [0.5, 0.6) is 0 Å². The van der Waals surface area contributed by atoms with Crippen molar-refractivity contribution in [2.75, 3.05) is 29.9 Å². The summed E-state index contributed by atoms with van der Waals surface area (Å²) in [4.78, 5) is 26.5. The number of carbonyl (C=O) groups is 2. The Morgan fingerprint density at radius 3 is 2.73 bits per heavy atom. The number of nitrogens with zero attached hydrogens (tertiary/aromatic N) is 1. The van der Waals surface area contributed by atoms with E-state index in [0.717, 1.165) is 25.1 Å². The maximum Gasteiger partial charge on any atom is 0.340 e. The minimum absolute atomic E-state index is 0.0956. The summed E-state index contributed by atoms with van der Waals surface area (Å²) >= 11 is 0. The standard InChI is InChI=1S/C21H24N2O3/c1-2-26-21(25)17-10-4-5-11-18(17)22-14-13-20(24)23-15-7-9-16-8-3-6-12-19(16)23/h3-6,8,10-12,22H,2,7,9,13-15H2,1H3. The van der Waals surface area contributed by atoms with Crippen LogP contribution in [0.25, 0.3) is 0 Å². The molecule has 0 saturated carbocycles. The Hall–Kier alpha value is -2.82. The number of hydrogen-bond donors (Lipinski definition) is 1. The van der Waals surface area contributed by atoms with Gasteiger partial charge in [0.2, 0.25) is 5.91 Å². The van der Waals surface area contributed by atoms with Gasteiger partial charge < -0.3 is 15.0 Å². The molecule has 136 valence electrons. The smallest absolute Gasteiger partial charge is 0.340 e. The number of rotatable bonds is 6. The molecule has 5 nitrogen and oxygen atoms in total. The zero-order valence-electron chi connectivity index (χ0n) is 15.0. The van der Waals surface area contributed by atoms with Crippen molar-refractivity contribution >= 4 is 23.3 Å². The maximum atomic E-state index is 12.7. The van der Waals surface area contributed by atoms with E-state index in [1.807, 2.05) is 35.2 Å². The molecule has 0 unspecified atom stereocenters. The van der Waals surface area contributed by atoms with E-state index in [4.69, 9.17) is 4.74 Å². The maximum absolute atomic E-state index is 12.7. The predicted molar refractivity (Wildman–Crippen MR) is 103 cm³/mol. The number of fused-ring (bicyclic) bond motifs is 1. The number of para-hydroxylation sites is 2. The first-order valence-corrected chi connectivity index (χ1v) is 9.09. The van der Waals surface area contributed by atoms with Gasteiger partial charge in [0, 0.05) is 30.9 Å². The second kappa shape index (κ2) is 8.52. The number of aryl methyl sites for hydroxylation is 1. The lowest BCUT2D eigenvalue weighted by atomic mass is 10.0. The Balaban J connectivity index is 1.61. The zero-order chi connectivity index (χ0) is 18.4. The Bertz CT molecular complexity index is 788. The van der Waals surface area contributed by atoms with Crippen molar-refractivity contribution in [2.45, 2.75) is 26.2 Å². The first-order chi connectivity index (χ1) is 12.7. The summed E-state index contributed by atoms with van der Waals surface area (Å²) in [6.07, 6.45) is 2.37. The summed E-state index contributed by atoms with van der Waals surface area (Å²) in [5, 5.41) is 3.20. The zero-order valence-corrected chi connectivity index (χ0v) is 15.0. The van der Waals surface area contributed by atoms with Crippen LogP contribution in [0.1, 0.15) is 35.7 Å². The minimum atomic E-state index is -0.355. The van der Waals surface area contributed by atoms with Crippen LogP contribution in [0.15, 0.2) is 48.5 Å². The van der Waals surface area contributed by atoms with Crippen LogP contribution >= 0.6 is 0 Å². The summed E-state index contributed by atoms with van der Waals surface area (Å²) in [7, 11) is 0. The lowest BCUT2D eigenvalue weighted by Crippen LogP contribution is -2.36. The van der Waals surface area contributed by atoms with E-state index >= 15 is 0 Å². The van der Waals surface area contributed by atoms with Gasteiger partial charge in [-0.1, -0.05) is 30.3 Å². The van der Waals surface area contributed by atoms with E-state index in [1.165, 1.54) is 5.56 Å². The number of ether oxygens (including phenoxy) is 1. The Labute approximate surface area is 154 Å². The van der Waals surface area contributed by atoms with Crippen molar-refractivity contribution in [2.24, 2.45) is 0 Å². The molecule has 0 spiro atoms. The third-order valence-corrected chi connectivity index (χ3v) is 4.49. The summed E-state index contributed by atoms with van der Waals surface area (Å²) in [6, 6.07) is 15.3. The Morgan fingerprint density at radius 1 is 1.12 bits per heavy atom. The molecule has 0 fully saturated rings. The summed E-state index contributed by atoms with van der Waals surface area (Å²) in [5.74, 6) is -0.259. The molecule has 2 aromatic rings. The molecule has 0 bridgehead atoms. The molecule has 0 aromatic heterocycles. The highest BCUT2D eigenvalue weighted by Gasteiger charge is 2.21. The summed E-state index contributed by atoms with van der Waals surface area (Å²) in [5.41, 5.74) is 3.44. The molecule has 5 heteroatoms. The number of esters is 1. The van der Waals surface area contributed by atoms with Crippen molar-refractivity contribution in [3.8, 4) is 0 Å². The highest BCUT2D eigenvalue weighted by molar-refractivity contribution is 5.96. The number of anilines is 2. The lowest BCUT2D eigenvalue weighted by molar-refractivity contribution is -0.118. The number of carbonyl (C=O) groups excluding carboxylic acids is 2. The van der Waals surface area contributed by atoms with Gasteiger partial charge in [-0.15, -0.1) is 0 Å². The molecule has 1 amide bonds. The largest absolute Gasteiger partial charge is 0.462 e. The first-order valence-electron chi connectivity index (χ1n) is 9.09. The molecular weight excluding hydrogens is 328 g/mol. The van der Waals surface area contributed by atoms with Crippen LogP contribution in [-0.2, 0) is 16.0 Å². The summed E-state index contributed by atoms with van der Waals surface area (Å²) in [6.45, 7) is 3.34. The second-order valence-electron chi connectivity index (χ2n) is 6.22. The van der Waals surface area contributed by atoms with Crippen molar-refractivity contribution < 1.29 is 14.3 Å². The highest BCUT2D eigenvalue weighted by Crippen LogP contribution is 2.27. The predicted octanol–water partition coefficient (Wildman–Crippen LogP) is 3.64. The SMILES string of the molecule is CCOC(=O)c1ccccc1NCCC(=O)N1CCCc2ccccc21. The van der Waals surface area contributed by atoms with E-state index in [-0.39, 0.29) is 11.9 Å². The average Bonchev–Trinajstić information content (AvgIpc) is 2.68. The Morgan fingerprint density at radius 2 is 1.88 bits per heavy atom. The molecule has 2 aromatic carbocycles. The van der Waals surface area contributed by atoms with Gasteiger partial charge in [0.1, 0.15) is 0 Å². The van der Waals surface area contributed by atoms with E-state index in [2.05, 4.69) is 11.4 Å². The molecule has 0 saturated heterocycles. The van der Waals surface area contributed by atoms with Gasteiger partial charge in [-0.3, -0.25) is 4.79 Å². The van der Waals surface area contributed by atoms with Gasteiger partial charge in [0.05, 0.1) is 12.2 Å². The van der Waals surface area contributed by atoms with Crippen molar-refractivity contribution in [1.29, 1.82) is 0 Å². The third-order valence-electron chi connectivity index (χ3n) is 4.49. The second-order valence-corrected chi connectivity index (χ2v) is 6.22. The highest BCUT2D eigenvalue weighted by atomic mass is 16.5. The minimum Gasteiger partial charge on any atom is -0.462 e. The van der Waals surface area contributed by atoms with E-state index in [0.29, 0.717) is 30.8 Å². The van der Waals surface area contributed by atoms with Crippen LogP contribution in [0.3, 0.4) is 0 Å². The molecule has 0 radical (unpaired) electrons. The normalized spacial score (nSPS) is 13.0. The van der Waals surface area contributed by atoms with Gasteiger partial charge in [0.25, 0.3) is 0 Å². The quantitative estimate of drug-likeness (QED) is 0.807. The van der Waals surface area contributed by atoms with Gasteiger partial charge in [-0.25, -0.2) is 4.79 Å². The molecule has 1 aliphatic rings. The summed E-state index contributed by atoms with van der Waals surface area (Å²) < 4.78 is 5.08. The van der Waals surface area contributed by atoms with E-state index < -0.39 is 0 Å². The van der Waals surface area contributed by atoms with Crippen LogP contribution in [-0.4, -0.2) is 31.6 Å². The van der Waals surface area contributed by atoms with Crippen molar-refractivity contribution in [3.05, 3.63) is 59.7 Å². The molecule has 0 aliphatic carbocycles. The van der Waals surface area contributed by atoms with Crippen LogP contribution in [0.2, 0.25) is 0 Å². The number of amides is 1.